The minimum atomic E-state index is 0.820. The molecule has 4 rings (SSSR count). The number of imidazole rings is 2. The van der Waals surface area contributed by atoms with E-state index in [2.05, 4.69) is 46.0 Å². The molecule has 0 atom stereocenters. The van der Waals surface area contributed by atoms with Crippen molar-refractivity contribution in [1.82, 2.24) is 18.3 Å². The van der Waals surface area contributed by atoms with Gasteiger partial charge in [0.05, 0.1) is 0 Å². The molecule has 11 heteroatoms. The van der Waals surface area contributed by atoms with Crippen LogP contribution in [0.4, 0.5) is 0 Å². The Balaban J connectivity index is 1.52. The number of aromatic nitrogens is 4. The zero-order chi connectivity index (χ0) is 34.9. The van der Waals surface area contributed by atoms with Crippen LogP contribution in [0.25, 0.3) is 0 Å². The van der Waals surface area contributed by atoms with Crippen molar-refractivity contribution >= 4 is 72.2 Å². The standard InChI is InChI=1S/C38H68N5S6/c1-5-9-13-17-21-25-29-39-33-34(40(37(39)44)30-26-22-18-14-10-6-2)47-43(46-33)48-35-36(49-43)42(32-28-24-20-16-12-8-4)38(45)41(35)31-27-23-19-15-11-7-3/h5-32H2,1-4H3/q+1. The highest BCUT2D eigenvalue weighted by Crippen LogP contribution is 2.71. The van der Waals surface area contributed by atoms with Gasteiger partial charge in [-0.3, -0.25) is 0 Å². The van der Waals surface area contributed by atoms with E-state index >= 15 is 0 Å². The Morgan fingerprint density at radius 3 is 0.776 bits per heavy atom. The molecule has 0 bridgehead atoms. The lowest BCUT2D eigenvalue weighted by molar-refractivity contribution is -0.268. The summed E-state index contributed by atoms with van der Waals surface area (Å²) in [7, 11) is 0. The molecule has 0 fully saturated rings. The first kappa shape index (κ1) is 42.0. The second-order valence-electron chi connectivity index (χ2n) is 14.3. The van der Waals surface area contributed by atoms with E-state index in [9.17, 15) is 0 Å². The molecule has 0 saturated carbocycles. The second kappa shape index (κ2) is 23.1. The molecule has 2 aromatic rings. The van der Waals surface area contributed by atoms with E-state index in [4.69, 9.17) is 24.4 Å². The van der Waals surface area contributed by atoms with Crippen LogP contribution in [-0.4, -0.2) is 20.4 Å². The number of nitrogens with zero attached hydrogens (tertiary/aromatic N) is 5. The monoisotopic (exact) mass is 786 g/mol. The lowest BCUT2D eigenvalue weighted by atomic mass is 10.1. The second-order valence-corrected chi connectivity index (χ2v) is 20.9. The van der Waals surface area contributed by atoms with Crippen LogP contribution >= 0.6 is 72.2 Å². The van der Waals surface area contributed by atoms with Crippen molar-refractivity contribution in [3.63, 3.8) is 0 Å². The molecule has 1 spiro atoms. The van der Waals surface area contributed by atoms with Crippen LogP contribution in [0.15, 0.2) is 20.1 Å². The maximum atomic E-state index is 6.24. The Morgan fingerprint density at radius 1 is 0.347 bits per heavy atom. The van der Waals surface area contributed by atoms with Gasteiger partial charge >= 0.3 is 0 Å². The molecule has 2 aliphatic rings. The molecule has 49 heavy (non-hydrogen) atoms. The summed E-state index contributed by atoms with van der Waals surface area (Å²) in [5.41, 5.74) is 0. The maximum absolute atomic E-state index is 6.24. The first-order valence-electron chi connectivity index (χ1n) is 20.3. The average Bonchev–Trinajstić information content (AvgIpc) is 3.78. The minimum absolute atomic E-state index is 0.820. The third-order valence-electron chi connectivity index (χ3n) is 10.0. The van der Waals surface area contributed by atoms with Gasteiger partial charge in [-0.1, -0.05) is 158 Å². The van der Waals surface area contributed by atoms with Crippen molar-refractivity contribution in [2.45, 2.75) is 228 Å². The summed E-state index contributed by atoms with van der Waals surface area (Å²) in [5.74, 6) is 0. The molecule has 0 saturated heterocycles. The third kappa shape index (κ3) is 12.1. The van der Waals surface area contributed by atoms with E-state index in [0.717, 1.165) is 37.8 Å². The summed E-state index contributed by atoms with van der Waals surface area (Å²) in [6.45, 7) is 13.4. The van der Waals surface area contributed by atoms with E-state index in [1.807, 2.05) is 47.8 Å². The lowest BCUT2D eigenvalue weighted by Gasteiger charge is -2.19. The van der Waals surface area contributed by atoms with Crippen LogP contribution in [0.1, 0.15) is 182 Å². The van der Waals surface area contributed by atoms with Gasteiger partial charge in [0.2, 0.25) is 0 Å². The number of rotatable bonds is 28. The summed E-state index contributed by atoms with van der Waals surface area (Å²) in [6, 6.07) is 0. The number of unbranched alkanes of at least 4 members (excludes halogenated alkanes) is 20. The molecule has 280 valence electrons. The molecule has 0 N–H and O–H groups in total. The van der Waals surface area contributed by atoms with Crippen LogP contribution < -0.4 is 0 Å². The van der Waals surface area contributed by atoms with Crippen molar-refractivity contribution in [2.24, 2.45) is 0 Å². The number of quaternary nitrogens is 1. The van der Waals surface area contributed by atoms with Crippen molar-refractivity contribution in [2.75, 3.05) is 0 Å². The predicted molar refractivity (Wildman–Crippen MR) is 224 cm³/mol. The highest BCUT2D eigenvalue weighted by atomic mass is 32.3. The molecule has 2 aromatic heterocycles. The number of fused-ring (bicyclic) bond motifs is 2. The molecule has 2 aliphatic heterocycles. The van der Waals surface area contributed by atoms with Crippen molar-refractivity contribution in [3.05, 3.63) is 9.54 Å². The Bertz CT molecular complexity index is 1160. The molecular weight excluding hydrogens is 719 g/mol. The Labute approximate surface area is 328 Å². The van der Waals surface area contributed by atoms with Gasteiger partial charge in [-0.2, -0.15) is 0 Å². The largest absolute Gasteiger partial charge is 0.306 e. The molecule has 4 heterocycles. The van der Waals surface area contributed by atoms with E-state index in [1.165, 1.54) is 174 Å². The van der Waals surface area contributed by atoms with Crippen LogP contribution in [0.5, 0.6) is 0 Å². The smallest absolute Gasteiger partial charge is 0.181 e. The summed E-state index contributed by atoms with van der Waals surface area (Å²) in [5, 5.41) is 5.62. The van der Waals surface area contributed by atoms with Crippen LogP contribution in [0, 0.1) is 9.54 Å². The van der Waals surface area contributed by atoms with Crippen molar-refractivity contribution in [1.29, 1.82) is 0 Å². The lowest BCUT2D eigenvalue weighted by Crippen LogP contribution is -2.14. The summed E-state index contributed by atoms with van der Waals surface area (Å²) < 4.78 is 13.0. The van der Waals surface area contributed by atoms with Crippen LogP contribution in [0.3, 0.4) is 0 Å². The maximum Gasteiger partial charge on any atom is 0.181 e. The molecular formula is C38H68N5S6+. The Hall–Kier alpha value is 0.220. The number of hydrogen-bond donors (Lipinski definition) is 0. The van der Waals surface area contributed by atoms with Gasteiger partial charge < -0.3 is 18.3 Å². The SMILES string of the molecule is CCCCCCCCn1c2c(n(CCCCCCCC)c1=S)S[N+]1(S2)Sc2c(n(CCCCCCCC)c(=S)n2CCCCCCCC)S1. The average molecular weight is 787 g/mol. The molecule has 0 radical (unpaired) electrons. The molecule has 5 nitrogen and oxygen atoms in total. The van der Waals surface area contributed by atoms with E-state index < -0.39 is 0 Å². The minimum Gasteiger partial charge on any atom is -0.306 e. The van der Waals surface area contributed by atoms with Crippen LogP contribution in [0.2, 0.25) is 0 Å². The molecule has 0 amide bonds. The number of hydrogen-bond acceptors (Lipinski definition) is 6. The zero-order valence-corrected chi connectivity index (χ0v) is 36.4. The summed E-state index contributed by atoms with van der Waals surface area (Å²) in [6.07, 6.45) is 31.5. The topological polar surface area (TPSA) is 19.7 Å². The highest BCUT2D eigenvalue weighted by molar-refractivity contribution is 8.31. The van der Waals surface area contributed by atoms with Crippen molar-refractivity contribution in [3.8, 4) is 0 Å². The first-order chi connectivity index (χ1) is 24.0. The highest BCUT2D eigenvalue weighted by Gasteiger charge is 2.57. The van der Waals surface area contributed by atoms with Gasteiger partial charge in [0.15, 0.2) is 77.4 Å². The normalized spacial score (nSPS) is 14.8. The predicted octanol–water partition coefficient (Wildman–Crippen LogP) is 15.4. The van der Waals surface area contributed by atoms with Gasteiger partial charge in [0.25, 0.3) is 0 Å². The summed E-state index contributed by atoms with van der Waals surface area (Å²) >= 11 is 20.6. The fraction of sp³-hybridized carbons (Fsp3) is 0.842. The molecule has 0 aliphatic carbocycles. The quantitative estimate of drug-likeness (QED) is 0.0368. The van der Waals surface area contributed by atoms with Crippen LogP contribution in [-0.2, 0) is 26.2 Å². The van der Waals surface area contributed by atoms with Crippen molar-refractivity contribution < 1.29 is 2.10 Å². The van der Waals surface area contributed by atoms with E-state index in [0.29, 0.717) is 0 Å². The molecule has 0 aromatic carbocycles. The zero-order valence-electron chi connectivity index (χ0n) is 31.5. The van der Waals surface area contributed by atoms with E-state index in [1.54, 1.807) is 0 Å². The Morgan fingerprint density at radius 2 is 0.551 bits per heavy atom. The van der Waals surface area contributed by atoms with Gasteiger partial charge in [-0.15, -0.1) is 0 Å². The Kier molecular flexibility index (Phi) is 19.8. The van der Waals surface area contributed by atoms with Gasteiger partial charge in [-0.05, 0) is 50.1 Å². The van der Waals surface area contributed by atoms with Gasteiger partial charge in [-0.25, -0.2) is 0 Å². The fourth-order valence-electron chi connectivity index (χ4n) is 6.98. The van der Waals surface area contributed by atoms with E-state index in [-0.39, 0.29) is 0 Å². The first-order valence-corrected chi connectivity index (χ1v) is 24.2. The van der Waals surface area contributed by atoms with Gasteiger partial charge in [0, 0.05) is 26.2 Å². The van der Waals surface area contributed by atoms with Gasteiger partial charge in [0.1, 0.15) is 0 Å². The summed E-state index contributed by atoms with van der Waals surface area (Å²) in [4.78, 5) is 0. The fourth-order valence-corrected chi connectivity index (χ4v) is 14.5. The third-order valence-corrected chi connectivity index (χ3v) is 17.1. The molecule has 0 unspecified atom stereocenters.